The minimum absolute atomic E-state index is 0.197. The van der Waals surface area contributed by atoms with Crippen molar-refractivity contribution in [3.63, 3.8) is 0 Å². The average molecular weight is 428 g/mol. The third kappa shape index (κ3) is 4.38. The van der Waals surface area contributed by atoms with Crippen molar-refractivity contribution in [2.45, 2.75) is 30.0 Å². The van der Waals surface area contributed by atoms with Gasteiger partial charge in [0, 0.05) is 25.0 Å². The van der Waals surface area contributed by atoms with Crippen molar-refractivity contribution in [2.75, 3.05) is 7.11 Å². The molecule has 7 nitrogen and oxygen atoms in total. The van der Waals surface area contributed by atoms with Crippen molar-refractivity contribution in [3.05, 3.63) is 77.9 Å². The Balaban J connectivity index is 1.91. The van der Waals surface area contributed by atoms with Crippen LogP contribution in [0.5, 0.6) is 5.75 Å². The Bertz CT molecular complexity index is 1140. The molecule has 0 fully saturated rings. The largest absolute Gasteiger partial charge is 0.497 e. The van der Waals surface area contributed by atoms with Gasteiger partial charge in [-0.15, -0.1) is 0 Å². The molecule has 0 aliphatic rings. The topological polar surface area (TPSA) is 90.3 Å². The second-order valence-corrected chi connectivity index (χ2v) is 9.70. The highest BCUT2D eigenvalue weighted by Crippen LogP contribution is 2.25. The highest BCUT2D eigenvalue weighted by atomic mass is 32.2. The van der Waals surface area contributed by atoms with Crippen molar-refractivity contribution in [1.82, 2.24) is 14.9 Å². The average Bonchev–Trinajstić information content (AvgIpc) is 3.17. The zero-order valence-corrected chi connectivity index (χ0v) is 18.2. The Morgan fingerprint density at radius 1 is 1.13 bits per heavy atom. The van der Waals surface area contributed by atoms with Gasteiger partial charge < -0.3 is 14.6 Å². The maximum Gasteiger partial charge on any atom is 0.252 e. The molecule has 0 bridgehead atoms. The first kappa shape index (κ1) is 21.6. The predicted molar refractivity (Wildman–Crippen MR) is 114 cm³/mol. The third-order valence-electron chi connectivity index (χ3n) is 4.88. The number of benzene rings is 2. The summed E-state index contributed by atoms with van der Waals surface area (Å²) in [5.74, 6) is 0.999. The molecule has 0 saturated carbocycles. The van der Waals surface area contributed by atoms with Gasteiger partial charge in [-0.2, -0.15) is 0 Å². The molecule has 158 valence electrons. The molecule has 1 amide bonds. The van der Waals surface area contributed by atoms with Gasteiger partial charge in [-0.25, -0.2) is 13.4 Å². The van der Waals surface area contributed by atoms with Crippen LogP contribution < -0.4 is 10.1 Å². The number of carbonyl (C=O) groups excluding carboxylic acids is 1. The van der Waals surface area contributed by atoms with E-state index >= 15 is 0 Å². The highest BCUT2D eigenvalue weighted by Gasteiger charge is 2.23. The van der Waals surface area contributed by atoms with Gasteiger partial charge in [0.1, 0.15) is 17.6 Å². The monoisotopic (exact) mass is 427 g/mol. The number of ether oxygens (including phenoxy) is 1. The molecular weight excluding hydrogens is 402 g/mol. The molecule has 0 spiro atoms. The van der Waals surface area contributed by atoms with E-state index in [1.54, 1.807) is 33.4 Å². The van der Waals surface area contributed by atoms with Gasteiger partial charge in [0.15, 0.2) is 9.84 Å². The number of aryl methyl sites for hydroxylation is 1. The summed E-state index contributed by atoms with van der Waals surface area (Å²) in [5.41, 5.74) is 1.18. The fourth-order valence-electron chi connectivity index (χ4n) is 3.06. The smallest absolute Gasteiger partial charge is 0.252 e. The number of amides is 1. The Labute approximate surface area is 176 Å². The lowest BCUT2D eigenvalue weighted by Crippen LogP contribution is -2.31. The highest BCUT2D eigenvalue weighted by molar-refractivity contribution is 7.92. The summed E-state index contributed by atoms with van der Waals surface area (Å²) in [4.78, 5) is 17.5. The van der Waals surface area contributed by atoms with Crippen LogP contribution >= 0.6 is 0 Å². The van der Waals surface area contributed by atoms with Gasteiger partial charge >= 0.3 is 0 Å². The van der Waals surface area contributed by atoms with Crippen molar-refractivity contribution in [2.24, 2.45) is 7.05 Å². The zero-order valence-electron chi connectivity index (χ0n) is 17.4. The van der Waals surface area contributed by atoms with Gasteiger partial charge in [-0.1, -0.05) is 12.1 Å². The van der Waals surface area contributed by atoms with Crippen LogP contribution in [0.4, 0.5) is 0 Å². The van der Waals surface area contributed by atoms with E-state index in [0.717, 1.165) is 5.56 Å². The van der Waals surface area contributed by atoms with E-state index in [4.69, 9.17) is 4.74 Å². The molecule has 0 radical (unpaired) electrons. The number of hydrogen-bond acceptors (Lipinski definition) is 5. The summed E-state index contributed by atoms with van der Waals surface area (Å²) in [5, 5.41) is 2.47. The zero-order chi connectivity index (χ0) is 21.9. The van der Waals surface area contributed by atoms with E-state index < -0.39 is 21.1 Å². The molecule has 1 atom stereocenters. The van der Waals surface area contributed by atoms with Crippen LogP contribution in [-0.2, 0) is 16.9 Å². The summed E-state index contributed by atoms with van der Waals surface area (Å²) in [6, 6.07) is 12.9. The Morgan fingerprint density at radius 3 is 2.40 bits per heavy atom. The summed E-state index contributed by atoms with van der Waals surface area (Å²) in [6.45, 7) is 3.25. The molecule has 1 heterocycles. The van der Waals surface area contributed by atoms with E-state index in [9.17, 15) is 13.2 Å². The summed E-state index contributed by atoms with van der Waals surface area (Å²) in [7, 11) is 0.0449. The Hall–Kier alpha value is -3.13. The lowest BCUT2D eigenvalue weighted by atomic mass is 10.0. The van der Waals surface area contributed by atoms with Crippen LogP contribution in [0.3, 0.4) is 0 Å². The van der Waals surface area contributed by atoms with E-state index in [0.29, 0.717) is 17.1 Å². The van der Waals surface area contributed by atoms with E-state index in [1.165, 1.54) is 24.3 Å². The maximum absolute atomic E-state index is 13.0. The molecule has 0 aliphatic carbocycles. The number of aromatic nitrogens is 2. The predicted octanol–water partition coefficient (Wildman–Crippen LogP) is 3.13. The molecule has 3 aromatic rings. The fourth-order valence-corrected chi connectivity index (χ4v) is 4.12. The fraction of sp³-hybridized carbons (Fsp3) is 0.273. The van der Waals surface area contributed by atoms with E-state index in [-0.39, 0.29) is 10.8 Å². The van der Waals surface area contributed by atoms with Gasteiger partial charge in [-0.05, 0) is 55.8 Å². The summed E-state index contributed by atoms with van der Waals surface area (Å²) < 4.78 is 31.8. The standard InChI is InChI=1S/C22H25N3O4S/c1-15(2)30(27,28)19-10-8-16(9-11-19)22(26)24-20(21-23-12-13-25(21)3)17-6-5-7-18(14-17)29-4/h5-15,20H,1-4H3,(H,24,26). The van der Waals surface area contributed by atoms with Crippen LogP contribution in [-0.4, -0.2) is 36.2 Å². The third-order valence-corrected chi connectivity index (χ3v) is 7.06. The van der Waals surface area contributed by atoms with Crippen molar-refractivity contribution >= 4 is 15.7 Å². The maximum atomic E-state index is 13.0. The first-order valence-corrected chi connectivity index (χ1v) is 11.0. The quantitative estimate of drug-likeness (QED) is 0.626. The molecule has 2 aromatic carbocycles. The molecular formula is C22H25N3O4S. The first-order valence-electron chi connectivity index (χ1n) is 9.50. The van der Waals surface area contributed by atoms with Gasteiger partial charge in [0.05, 0.1) is 17.3 Å². The second kappa shape index (κ2) is 8.71. The van der Waals surface area contributed by atoms with Crippen molar-refractivity contribution in [3.8, 4) is 5.75 Å². The Morgan fingerprint density at radius 2 is 1.83 bits per heavy atom. The molecule has 3 rings (SSSR count). The lowest BCUT2D eigenvalue weighted by molar-refractivity contribution is 0.0941. The molecule has 0 saturated heterocycles. The van der Waals surface area contributed by atoms with Crippen LogP contribution in [0.2, 0.25) is 0 Å². The van der Waals surface area contributed by atoms with Gasteiger partial charge in [-0.3, -0.25) is 4.79 Å². The number of carbonyl (C=O) groups is 1. The van der Waals surface area contributed by atoms with Crippen LogP contribution in [0, 0.1) is 0 Å². The number of rotatable bonds is 7. The van der Waals surface area contributed by atoms with Crippen LogP contribution in [0.25, 0.3) is 0 Å². The summed E-state index contributed by atoms with van der Waals surface area (Å²) >= 11 is 0. The van der Waals surface area contributed by atoms with Crippen molar-refractivity contribution in [1.29, 1.82) is 0 Å². The second-order valence-electron chi connectivity index (χ2n) is 7.20. The molecule has 0 aliphatic heterocycles. The number of nitrogens with zero attached hydrogens (tertiary/aromatic N) is 2. The van der Waals surface area contributed by atoms with Crippen LogP contribution in [0.1, 0.15) is 41.6 Å². The van der Waals surface area contributed by atoms with E-state index in [1.807, 2.05) is 35.9 Å². The molecule has 1 unspecified atom stereocenters. The minimum atomic E-state index is -3.39. The van der Waals surface area contributed by atoms with Crippen LogP contribution in [0.15, 0.2) is 65.8 Å². The SMILES string of the molecule is COc1cccc(C(NC(=O)c2ccc(S(=O)(=O)C(C)C)cc2)c2nccn2C)c1. The normalized spacial score (nSPS) is 12.6. The minimum Gasteiger partial charge on any atom is -0.497 e. The molecule has 1 aromatic heterocycles. The summed E-state index contributed by atoms with van der Waals surface area (Å²) in [6.07, 6.45) is 3.47. The molecule has 30 heavy (non-hydrogen) atoms. The van der Waals surface area contributed by atoms with Gasteiger partial charge in [0.25, 0.3) is 5.91 Å². The number of imidazole rings is 1. The number of sulfone groups is 1. The van der Waals surface area contributed by atoms with Gasteiger partial charge in [0.2, 0.25) is 0 Å². The number of nitrogens with one attached hydrogen (secondary N) is 1. The van der Waals surface area contributed by atoms with E-state index in [2.05, 4.69) is 10.3 Å². The Kier molecular flexibility index (Phi) is 6.26. The molecule has 1 N–H and O–H groups in total. The number of hydrogen-bond donors (Lipinski definition) is 1. The number of methoxy groups -OCH3 is 1. The first-order chi connectivity index (χ1) is 14.2. The lowest BCUT2D eigenvalue weighted by Gasteiger charge is -2.20. The van der Waals surface area contributed by atoms with Crippen molar-refractivity contribution < 1.29 is 17.9 Å². The molecule has 8 heteroatoms.